The van der Waals surface area contributed by atoms with Crippen LogP contribution >= 0.6 is 0 Å². The summed E-state index contributed by atoms with van der Waals surface area (Å²) in [7, 11) is 0. The maximum absolute atomic E-state index is 12.6. The second kappa shape index (κ2) is 8.86. The van der Waals surface area contributed by atoms with E-state index in [-0.39, 0.29) is 17.7 Å². The van der Waals surface area contributed by atoms with Crippen molar-refractivity contribution in [3.05, 3.63) is 35.4 Å². The number of carbonyl (C=O) groups excluding carboxylic acids is 2. The van der Waals surface area contributed by atoms with Crippen molar-refractivity contribution in [3.8, 4) is 0 Å². The summed E-state index contributed by atoms with van der Waals surface area (Å²) in [6, 6.07) is 7.69. The van der Waals surface area contributed by atoms with E-state index in [1.807, 2.05) is 41.0 Å². The summed E-state index contributed by atoms with van der Waals surface area (Å²) in [5.41, 5.74) is 1.88. The molecule has 2 amide bonds. The monoisotopic (exact) mass is 330 g/mol. The molecule has 132 valence electrons. The van der Waals surface area contributed by atoms with Crippen LogP contribution < -0.4 is 0 Å². The molecule has 1 aliphatic heterocycles. The molecule has 0 aromatic heterocycles. The zero-order chi connectivity index (χ0) is 17.5. The molecule has 1 atom stereocenters. The first-order valence-electron chi connectivity index (χ1n) is 9.21. The Labute approximate surface area is 145 Å². The molecule has 1 aromatic rings. The fraction of sp³-hybridized carbons (Fsp3) is 0.600. The van der Waals surface area contributed by atoms with Crippen LogP contribution in [0.15, 0.2) is 24.3 Å². The smallest absolute Gasteiger partial charge is 0.253 e. The quantitative estimate of drug-likeness (QED) is 0.801. The molecule has 4 nitrogen and oxygen atoms in total. The Morgan fingerprint density at radius 3 is 2.12 bits per heavy atom. The number of aryl methyl sites for hydroxylation is 1. The average Bonchev–Trinajstić information content (AvgIpc) is 2.62. The lowest BCUT2D eigenvalue weighted by Crippen LogP contribution is -2.52. The van der Waals surface area contributed by atoms with Crippen LogP contribution in [0.25, 0.3) is 0 Å². The molecule has 0 N–H and O–H groups in total. The molecule has 1 aromatic carbocycles. The molecular weight excluding hydrogens is 300 g/mol. The molecule has 0 radical (unpaired) electrons. The van der Waals surface area contributed by atoms with Crippen LogP contribution in [0, 0.1) is 12.8 Å². The van der Waals surface area contributed by atoms with E-state index in [1.165, 1.54) is 0 Å². The van der Waals surface area contributed by atoms with E-state index >= 15 is 0 Å². The summed E-state index contributed by atoms with van der Waals surface area (Å²) >= 11 is 0. The maximum Gasteiger partial charge on any atom is 0.253 e. The predicted octanol–water partition coefficient (Wildman–Crippen LogP) is 3.50. The highest BCUT2D eigenvalue weighted by molar-refractivity contribution is 5.94. The third-order valence-electron chi connectivity index (χ3n) is 4.93. The average molecular weight is 330 g/mol. The Bertz CT molecular complexity index is 545. The van der Waals surface area contributed by atoms with Gasteiger partial charge in [-0.1, -0.05) is 44.4 Å². The standard InChI is InChI=1S/C20H30N2O2/c1-4-6-7-17(5-2)19(23)21-12-14-22(15-13-21)20(24)18-10-8-16(3)9-11-18/h8-11,17H,4-7,12-15H2,1-3H3. The summed E-state index contributed by atoms with van der Waals surface area (Å²) < 4.78 is 0. The van der Waals surface area contributed by atoms with Gasteiger partial charge in [-0.15, -0.1) is 0 Å². The van der Waals surface area contributed by atoms with Gasteiger partial charge in [0, 0.05) is 37.7 Å². The molecule has 1 aliphatic rings. The first-order chi connectivity index (χ1) is 11.6. The Hall–Kier alpha value is -1.84. The molecule has 1 heterocycles. The van der Waals surface area contributed by atoms with E-state index in [4.69, 9.17) is 0 Å². The van der Waals surface area contributed by atoms with Crippen LogP contribution in [-0.4, -0.2) is 47.8 Å². The van der Waals surface area contributed by atoms with Gasteiger partial charge in [-0.2, -0.15) is 0 Å². The molecule has 0 saturated carbocycles. The van der Waals surface area contributed by atoms with E-state index in [1.54, 1.807) is 0 Å². The number of hydrogen-bond donors (Lipinski definition) is 0. The van der Waals surface area contributed by atoms with Gasteiger partial charge in [0.2, 0.25) is 5.91 Å². The highest BCUT2D eigenvalue weighted by atomic mass is 16.2. The minimum Gasteiger partial charge on any atom is -0.339 e. The number of unbranched alkanes of at least 4 members (excludes halogenated alkanes) is 1. The van der Waals surface area contributed by atoms with Crippen molar-refractivity contribution in [2.24, 2.45) is 5.92 Å². The molecule has 0 spiro atoms. The molecule has 0 aliphatic carbocycles. The summed E-state index contributed by atoms with van der Waals surface area (Å²) in [6.45, 7) is 8.83. The minimum atomic E-state index is 0.0696. The number of hydrogen-bond acceptors (Lipinski definition) is 2. The molecule has 1 fully saturated rings. The van der Waals surface area contributed by atoms with E-state index in [9.17, 15) is 9.59 Å². The fourth-order valence-electron chi connectivity index (χ4n) is 3.22. The fourth-order valence-corrected chi connectivity index (χ4v) is 3.22. The van der Waals surface area contributed by atoms with Crippen LogP contribution in [0.2, 0.25) is 0 Å². The molecule has 1 unspecified atom stereocenters. The molecule has 24 heavy (non-hydrogen) atoms. The van der Waals surface area contributed by atoms with Gasteiger partial charge in [-0.05, 0) is 31.9 Å². The Morgan fingerprint density at radius 1 is 1.00 bits per heavy atom. The van der Waals surface area contributed by atoms with Crippen LogP contribution in [0.4, 0.5) is 0 Å². The SMILES string of the molecule is CCCCC(CC)C(=O)N1CCN(C(=O)c2ccc(C)cc2)CC1. The normalized spacial score (nSPS) is 16.1. The lowest BCUT2D eigenvalue weighted by atomic mass is 9.97. The minimum absolute atomic E-state index is 0.0696. The van der Waals surface area contributed by atoms with E-state index < -0.39 is 0 Å². The van der Waals surface area contributed by atoms with Gasteiger partial charge in [0.1, 0.15) is 0 Å². The third kappa shape index (κ3) is 4.59. The Balaban J connectivity index is 1.89. The van der Waals surface area contributed by atoms with Crippen LogP contribution in [-0.2, 0) is 4.79 Å². The summed E-state index contributed by atoms with van der Waals surface area (Å²) in [5, 5.41) is 0. The predicted molar refractivity (Wildman–Crippen MR) is 97.0 cm³/mol. The largest absolute Gasteiger partial charge is 0.339 e. The van der Waals surface area contributed by atoms with Gasteiger partial charge < -0.3 is 9.80 Å². The lowest BCUT2D eigenvalue weighted by Gasteiger charge is -2.36. The van der Waals surface area contributed by atoms with Crippen molar-refractivity contribution < 1.29 is 9.59 Å². The number of amides is 2. The van der Waals surface area contributed by atoms with Crippen molar-refractivity contribution in [3.63, 3.8) is 0 Å². The van der Waals surface area contributed by atoms with Crippen molar-refractivity contribution in [2.75, 3.05) is 26.2 Å². The van der Waals surface area contributed by atoms with Gasteiger partial charge in [-0.25, -0.2) is 0 Å². The first-order valence-corrected chi connectivity index (χ1v) is 9.21. The van der Waals surface area contributed by atoms with Crippen LogP contribution in [0.5, 0.6) is 0 Å². The molecule has 1 saturated heterocycles. The molecule has 0 bridgehead atoms. The van der Waals surface area contributed by atoms with E-state index in [0.717, 1.165) is 36.8 Å². The molecule has 4 heteroatoms. The number of rotatable bonds is 6. The highest BCUT2D eigenvalue weighted by Gasteiger charge is 2.28. The van der Waals surface area contributed by atoms with Crippen LogP contribution in [0.3, 0.4) is 0 Å². The number of benzene rings is 1. The van der Waals surface area contributed by atoms with E-state index in [2.05, 4.69) is 13.8 Å². The Kier molecular flexibility index (Phi) is 6.83. The van der Waals surface area contributed by atoms with E-state index in [0.29, 0.717) is 26.2 Å². The van der Waals surface area contributed by atoms with Crippen molar-refractivity contribution in [1.82, 2.24) is 9.80 Å². The van der Waals surface area contributed by atoms with Gasteiger partial charge >= 0.3 is 0 Å². The summed E-state index contributed by atoms with van der Waals surface area (Å²) in [6.07, 6.45) is 4.12. The van der Waals surface area contributed by atoms with Gasteiger partial charge in [0.05, 0.1) is 0 Å². The molecule has 2 rings (SSSR count). The van der Waals surface area contributed by atoms with Crippen molar-refractivity contribution >= 4 is 11.8 Å². The number of nitrogens with zero attached hydrogens (tertiary/aromatic N) is 2. The second-order valence-corrected chi connectivity index (χ2v) is 6.73. The number of carbonyl (C=O) groups is 2. The second-order valence-electron chi connectivity index (χ2n) is 6.73. The third-order valence-corrected chi connectivity index (χ3v) is 4.93. The topological polar surface area (TPSA) is 40.6 Å². The summed E-state index contributed by atoms with van der Waals surface area (Å²) in [5.74, 6) is 0.484. The van der Waals surface area contributed by atoms with Crippen molar-refractivity contribution in [1.29, 1.82) is 0 Å². The first kappa shape index (κ1) is 18.5. The number of piperazine rings is 1. The molecular formula is C20H30N2O2. The summed E-state index contributed by atoms with van der Waals surface area (Å²) in [4.78, 5) is 29.0. The highest BCUT2D eigenvalue weighted by Crippen LogP contribution is 2.18. The van der Waals surface area contributed by atoms with Gasteiger partial charge in [-0.3, -0.25) is 9.59 Å². The van der Waals surface area contributed by atoms with Gasteiger partial charge in [0.15, 0.2) is 0 Å². The maximum atomic E-state index is 12.6. The van der Waals surface area contributed by atoms with Crippen LogP contribution in [0.1, 0.15) is 55.5 Å². The lowest BCUT2D eigenvalue weighted by molar-refractivity contribution is -0.137. The van der Waals surface area contributed by atoms with Crippen molar-refractivity contribution in [2.45, 2.75) is 46.5 Å². The van der Waals surface area contributed by atoms with Gasteiger partial charge in [0.25, 0.3) is 5.91 Å². The zero-order valence-corrected chi connectivity index (χ0v) is 15.3. The zero-order valence-electron chi connectivity index (χ0n) is 15.3. The Morgan fingerprint density at radius 2 is 1.58 bits per heavy atom.